The quantitative estimate of drug-likeness (QED) is 0.411. The minimum Gasteiger partial charge on any atom is -0.379 e. The van der Waals surface area contributed by atoms with Crippen molar-refractivity contribution in [3.63, 3.8) is 0 Å². The largest absolute Gasteiger partial charge is 0.379 e. The van der Waals surface area contributed by atoms with Gasteiger partial charge in [0.1, 0.15) is 6.04 Å². The predicted molar refractivity (Wildman–Crippen MR) is 124 cm³/mol. The summed E-state index contributed by atoms with van der Waals surface area (Å²) in [6, 6.07) is -0.498. The van der Waals surface area contributed by atoms with Crippen LogP contribution in [-0.4, -0.2) is 72.5 Å². The SMILES string of the molecule is CCC(CC)[C@H](CNC(=O)[C@H](CC(C)C)N1C(=O)[C@H]2CC=CC[C@H]2C1=O)N1CCOCC1. The number of morpholine rings is 1. The van der Waals surface area contributed by atoms with E-state index in [1.54, 1.807) is 0 Å². The molecule has 0 saturated carbocycles. The van der Waals surface area contributed by atoms with Crippen molar-refractivity contribution < 1.29 is 19.1 Å². The van der Waals surface area contributed by atoms with Crippen LogP contribution >= 0.6 is 0 Å². The van der Waals surface area contributed by atoms with Crippen LogP contribution in [0, 0.1) is 23.7 Å². The zero-order chi connectivity index (χ0) is 23.3. The van der Waals surface area contributed by atoms with Gasteiger partial charge in [-0.25, -0.2) is 0 Å². The Hall–Kier alpha value is -1.73. The highest BCUT2D eigenvalue weighted by Gasteiger charge is 2.51. The Labute approximate surface area is 192 Å². The molecule has 2 saturated heterocycles. The van der Waals surface area contributed by atoms with E-state index in [4.69, 9.17) is 4.74 Å². The number of nitrogens with one attached hydrogen (secondary N) is 1. The van der Waals surface area contributed by atoms with Gasteiger partial charge >= 0.3 is 0 Å². The van der Waals surface area contributed by atoms with Gasteiger partial charge in [-0.1, -0.05) is 52.7 Å². The van der Waals surface area contributed by atoms with Gasteiger partial charge in [-0.05, 0) is 31.1 Å². The molecule has 32 heavy (non-hydrogen) atoms. The Bertz CT molecular complexity index is 671. The summed E-state index contributed by atoms with van der Waals surface area (Å²) < 4.78 is 5.53. The minimum atomic E-state index is -0.729. The van der Waals surface area contributed by atoms with Crippen LogP contribution in [-0.2, 0) is 19.1 Å². The molecule has 2 aliphatic heterocycles. The van der Waals surface area contributed by atoms with Gasteiger partial charge in [-0.15, -0.1) is 0 Å². The topological polar surface area (TPSA) is 79.0 Å². The molecule has 3 amide bonds. The zero-order valence-corrected chi connectivity index (χ0v) is 20.2. The van der Waals surface area contributed by atoms with Crippen LogP contribution in [0.25, 0.3) is 0 Å². The summed E-state index contributed by atoms with van der Waals surface area (Å²) in [5, 5.41) is 3.15. The molecule has 2 fully saturated rings. The Balaban J connectivity index is 1.73. The van der Waals surface area contributed by atoms with Gasteiger partial charge < -0.3 is 10.1 Å². The number of fused-ring (bicyclic) bond motifs is 1. The molecule has 0 aromatic heterocycles. The van der Waals surface area contributed by atoms with Crippen LogP contribution in [0.4, 0.5) is 0 Å². The van der Waals surface area contributed by atoms with Crippen molar-refractivity contribution in [2.75, 3.05) is 32.8 Å². The number of carbonyl (C=O) groups is 3. The first-order valence-electron chi connectivity index (χ1n) is 12.5. The van der Waals surface area contributed by atoms with E-state index >= 15 is 0 Å². The molecule has 7 nitrogen and oxygen atoms in total. The molecule has 0 aromatic carbocycles. The average molecular weight is 448 g/mol. The number of carbonyl (C=O) groups excluding carboxylic acids is 3. The first kappa shape index (κ1) is 24.9. The number of hydrogen-bond donors (Lipinski definition) is 1. The Morgan fingerprint density at radius 1 is 1.06 bits per heavy atom. The van der Waals surface area contributed by atoms with E-state index in [0.29, 0.717) is 44.9 Å². The number of imide groups is 1. The standard InChI is InChI=1S/C25H41N3O4/c1-5-18(6-2)22(27-11-13-32-14-12-27)16-26-23(29)21(15-17(3)4)28-24(30)19-9-7-8-10-20(19)25(28)31/h7-8,17-22H,5-6,9-16H2,1-4H3,(H,26,29)/t19-,20+,21-,22-/m0/s1. The van der Waals surface area contributed by atoms with Crippen molar-refractivity contribution in [2.45, 2.75) is 71.9 Å². The number of likely N-dealkylation sites (tertiary alicyclic amines) is 1. The maximum absolute atomic E-state index is 13.4. The van der Waals surface area contributed by atoms with Crippen LogP contribution in [0.5, 0.6) is 0 Å². The van der Waals surface area contributed by atoms with Gasteiger partial charge in [0.2, 0.25) is 17.7 Å². The predicted octanol–water partition coefficient (Wildman–Crippen LogP) is 2.61. The molecule has 0 spiro atoms. The van der Waals surface area contributed by atoms with Gasteiger partial charge in [0, 0.05) is 25.7 Å². The third-order valence-corrected chi connectivity index (χ3v) is 7.44. The third-order valence-electron chi connectivity index (χ3n) is 7.44. The monoisotopic (exact) mass is 447 g/mol. The lowest BCUT2D eigenvalue weighted by Gasteiger charge is -2.39. The van der Waals surface area contributed by atoms with Crippen LogP contribution in [0.2, 0.25) is 0 Å². The van der Waals surface area contributed by atoms with Crippen LogP contribution in [0.3, 0.4) is 0 Å². The van der Waals surface area contributed by atoms with Crippen LogP contribution in [0.1, 0.15) is 59.8 Å². The fourth-order valence-electron chi connectivity index (χ4n) is 5.57. The van der Waals surface area contributed by atoms with Crippen molar-refractivity contribution in [2.24, 2.45) is 23.7 Å². The summed E-state index contributed by atoms with van der Waals surface area (Å²) in [7, 11) is 0. The number of ether oxygens (including phenoxy) is 1. The first-order chi connectivity index (χ1) is 15.4. The second kappa shape index (κ2) is 11.4. The summed E-state index contributed by atoms with van der Waals surface area (Å²) in [6.45, 7) is 12.1. The highest BCUT2D eigenvalue weighted by Crippen LogP contribution is 2.37. The number of nitrogens with zero attached hydrogens (tertiary/aromatic N) is 2. The molecule has 0 unspecified atom stereocenters. The van der Waals surface area contributed by atoms with Gasteiger partial charge in [0.05, 0.1) is 25.0 Å². The van der Waals surface area contributed by atoms with Gasteiger partial charge in [-0.2, -0.15) is 0 Å². The van der Waals surface area contributed by atoms with E-state index in [0.717, 1.165) is 25.9 Å². The molecular formula is C25H41N3O4. The van der Waals surface area contributed by atoms with E-state index in [9.17, 15) is 14.4 Å². The average Bonchev–Trinajstić information content (AvgIpc) is 3.05. The van der Waals surface area contributed by atoms with Gasteiger partial charge in [0.25, 0.3) is 0 Å². The molecule has 1 aliphatic carbocycles. The van der Waals surface area contributed by atoms with E-state index in [1.165, 1.54) is 4.90 Å². The molecule has 7 heteroatoms. The summed E-state index contributed by atoms with van der Waals surface area (Å²) in [4.78, 5) is 43.4. The summed E-state index contributed by atoms with van der Waals surface area (Å²) in [5.74, 6) is -0.482. The lowest BCUT2D eigenvalue weighted by atomic mass is 9.85. The molecule has 3 rings (SSSR count). The third kappa shape index (κ3) is 5.42. The number of rotatable bonds is 10. The maximum atomic E-state index is 13.4. The normalized spacial score (nSPS) is 26.0. The fraction of sp³-hybridized carbons (Fsp3) is 0.800. The van der Waals surface area contributed by atoms with E-state index in [1.807, 2.05) is 26.0 Å². The molecule has 1 N–H and O–H groups in total. The maximum Gasteiger partial charge on any atom is 0.243 e. The van der Waals surface area contributed by atoms with E-state index in [2.05, 4.69) is 24.1 Å². The summed E-state index contributed by atoms with van der Waals surface area (Å²) in [5.41, 5.74) is 0. The molecule has 4 atom stereocenters. The summed E-state index contributed by atoms with van der Waals surface area (Å²) >= 11 is 0. The molecule has 180 valence electrons. The first-order valence-corrected chi connectivity index (χ1v) is 12.5. The fourth-order valence-corrected chi connectivity index (χ4v) is 5.57. The number of amides is 3. The molecular weight excluding hydrogens is 406 g/mol. The molecule has 0 aromatic rings. The smallest absolute Gasteiger partial charge is 0.243 e. The van der Waals surface area contributed by atoms with Crippen molar-refractivity contribution in [3.8, 4) is 0 Å². The number of allylic oxidation sites excluding steroid dienone is 2. The second-order valence-corrected chi connectivity index (χ2v) is 9.89. The van der Waals surface area contributed by atoms with Crippen LogP contribution < -0.4 is 5.32 Å². The molecule has 0 bridgehead atoms. The lowest BCUT2D eigenvalue weighted by molar-refractivity contribution is -0.148. The Morgan fingerprint density at radius 2 is 1.62 bits per heavy atom. The second-order valence-electron chi connectivity index (χ2n) is 9.89. The molecule has 0 radical (unpaired) electrons. The molecule has 3 aliphatic rings. The summed E-state index contributed by atoms with van der Waals surface area (Å²) in [6.07, 6.45) is 7.73. The lowest BCUT2D eigenvalue weighted by Crippen LogP contribution is -2.55. The Kier molecular flexibility index (Phi) is 8.88. The highest BCUT2D eigenvalue weighted by molar-refractivity contribution is 6.08. The van der Waals surface area contributed by atoms with Gasteiger partial charge in [-0.3, -0.25) is 24.2 Å². The van der Waals surface area contributed by atoms with Crippen molar-refractivity contribution in [1.82, 2.24) is 15.1 Å². The van der Waals surface area contributed by atoms with Crippen LogP contribution in [0.15, 0.2) is 12.2 Å². The Morgan fingerprint density at radius 3 is 2.12 bits per heavy atom. The number of hydrogen-bond acceptors (Lipinski definition) is 5. The van der Waals surface area contributed by atoms with E-state index in [-0.39, 0.29) is 41.5 Å². The van der Waals surface area contributed by atoms with Crippen molar-refractivity contribution in [1.29, 1.82) is 0 Å². The minimum absolute atomic E-state index is 0.171. The van der Waals surface area contributed by atoms with Crippen molar-refractivity contribution >= 4 is 17.7 Å². The zero-order valence-electron chi connectivity index (χ0n) is 20.2. The van der Waals surface area contributed by atoms with Crippen molar-refractivity contribution in [3.05, 3.63) is 12.2 Å². The highest BCUT2D eigenvalue weighted by atomic mass is 16.5. The molecule has 2 heterocycles. The van der Waals surface area contributed by atoms with E-state index < -0.39 is 6.04 Å². The van der Waals surface area contributed by atoms with Gasteiger partial charge in [0.15, 0.2) is 0 Å².